The monoisotopic (exact) mass is 290 g/mol. The van der Waals surface area contributed by atoms with Gasteiger partial charge in [-0.1, -0.05) is 6.07 Å². The molecule has 0 saturated carbocycles. The van der Waals surface area contributed by atoms with Crippen molar-refractivity contribution in [1.82, 2.24) is 9.80 Å². The molecular weight excluding hydrogens is 268 g/mol. The Morgan fingerprint density at radius 2 is 1.76 bits per heavy atom. The van der Waals surface area contributed by atoms with E-state index in [2.05, 4.69) is 11.9 Å². The fourth-order valence-corrected chi connectivity index (χ4v) is 2.26. The van der Waals surface area contributed by atoms with Gasteiger partial charge in [-0.2, -0.15) is 0 Å². The van der Waals surface area contributed by atoms with Crippen molar-refractivity contribution in [2.24, 2.45) is 0 Å². The lowest BCUT2D eigenvalue weighted by Crippen LogP contribution is -2.46. The summed E-state index contributed by atoms with van der Waals surface area (Å²) < 4.78 is 10.4. The molecule has 0 aliphatic carbocycles. The number of hydrogen-bond donors (Lipinski definition) is 0. The van der Waals surface area contributed by atoms with E-state index in [4.69, 9.17) is 9.47 Å². The van der Waals surface area contributed by atoms with E-state index in [0.717, 1.165) is 31.7 Å². The number of ether oxygens (including phenoxy) is 2. The second kappa shape index (κ2) is 7.13. The van der Waals surface area contributed by atoms with E-state index in [1.54, 1.807) is 20.3 Å². The summed E-state index contributed by atoms with van der Waals surface area (Å²) in [6.45, 7) is 3.42. The van der Waals surface area contributed by atoms with Gasteiger partial charge in [0.15, 0.2) is 11.5 Å². The van der Waals surface area contributed by atoms with Crippen LogP contribution in [-0.2, 0) is 4.79 Å². The van der Waals surface area contributed by atoms with Gasteiger partial charge in [0, 0.05) is 32.3 Å². The summed E-state index contributed by atoms with van der Waals surface area (Å²) in [5, 5.41) is 0. The molecule has 0 N–H and O–H groups in total. The maximum Gasteiger partial charge on any atom is 0.246 e. The van der Waals surface area contributed by atoms with Crippen LogP contribution in [0, 0.1) is 0 Å². The molecule has 1 fully saturated rings. The molecule has 0 unspecified atom stereocenters. The maximum atomic E-state index is 12.1. The van der Waals surface area contributed by atoms with Crippen molar-refractivity contribution in [3.8, 4) is 11.5 Å². The number of carbonyl (C=O) groups is 1. The van der Waals surface area contributed by atoms with Crippen LogP contribution in [0.4, 0.5) is 0 Å². The minimum Gasteiger partial charge on any atom is -0.493 e. The highest BCUT2D eigenvalue weighted by Crippen LogP contribution is 2.27. The van der Waals surface area contributed by atoms with E-state index in [-0.39, 0.29) is 5.91 Å². The second-order valence-corrected chi connectivity index (χ2v) is 5.08. The minimum atomic E-state index is 0.0536. The van der Waals surface area contributed by atoms with E-state index in [1.165, 1.54) is 0 Å². The van der Waals surface area contributed by atoms with Gasteiger partial charge in [-0.25, -0.2) is 0 Å². The molecule has 0 bridgehead atoms. The number of nitrogens with zero attached hydrogens (tertiary/aromatic N) is 2. The molecule has 114 valence electrons. The van der Waals surface area contributed by atoms with Gasteiger partial charge in [0.1, 0.15) is 0 Å². The smallest absolute Gasteiger partial charge is 0.246 e. The lowest BCUT2D eigenvalue weighted by atomic mass is 10.2. The number of hydrogen-bond acceptors (Lipinski definition) is 4. The molecule has 1 aromatic rings. The summed E-state index contributed by atoms with van der Waals surface area (Å²) in [7, 11) is 5.27. The van der Waals surface area contributed by atoms with Gasteiger partial charge < -0.3 is 19.3 Å². The van der Waals surface area contributed by atoms with Crippen LogP contribution in [0.25, 0.3) is 6.08 Å². The molecule has 1 aliphatic heterocycles. The highest BCUT2D eigenvalue weighted by molar-refractivity contribution is 5.92. The Labute approximate surface area is 125 Å². The number of piperazine rings is 1. The average molecular weight is 290 g/mol. The highest BCUT2D eigenvalue weighted by Gasteiger charge is 2.16. The summed E-state index contributed by atoms with van der Waals surface area (Å²) in [6, 6.07) is 5.58. The first kappa shape index (κ1) is 15.4. The second-order valence-electron chi connectivity index (χ2n) is 5.08. The van der Waals surface area contributed by atoms with Crippen molar-refractivity contribution >= 4 is 12.0 Å². The number of likely N-dealkylation sites (N-methyl/N-ethyl adjacent to an activating group) is 1. The van der Waals surface area contributed by atoms with E-state index in [0.29, 0.717) is 11.5 Å². The Morgan fingerprint density at radius 3 is 2.38 bits per heavy atom. The van der Waals surface area contributed by atoms with Gasteiger partial charge in [0.2, 0.25) is 5.91 Å². The lowest BCUT2D eigenvalue weighted by Gasteiger charge is -2.31. The zero-order valence-corrected chi connectivity index (χ0v) is 12.8. The van der Waals surface area contributed by atoms with Gasteiger partial charge in [-0.3, -0.25) is 4.79 Å². The number of methoxy groups -OCH3 is 2. The van der Waals surface area contributed by atoms with Crippen LogP contribution in [0.3, 0.4) is 0 Å². The average Bonchev–Trinajstić information content (AvgIpc) is 2.52. The fourth-order valence-electron chi connectivity index (χ4n) is 2.26. The molecular formula is C16H22N2O3. The molecule has 5 heteroatoms. The van der Waals surface area contributed by atoms with Crippen LogP contribution in [0.2, 0.25) is 0 Å². The topological polar surface area (TPSA) is 42.0 Å². The Kier molecular flexibility index (Phi) is 5.22. The van der Waals surface area contributed by atoms with E-state index >= 15 is 0 Å². The normalized spacial score (nSPS) is 16.2. The summed E-state index contributed by atoms with van der Waals surface area (Å²) in [5.74, 6) is 1.39. The quantitative estimate of drug-likeness (QED) is 0.788. The zero-order chi connectivity index (χ0) is 15.2. The molecule has 1 heterocycles. The molecule has 1 saturated heterocycles. The lowest BCUT2D eigenvalue weighted by molar-refractivity contribution is -0.127. The van der Waals surface area contributed by atoms with Crippen LogP contribution < -0.4 is 9.47 Å². The number of amides is 1. The number of benzene rings is 1. The maximum absolute atomic E-state index is 12.1. The van der Waals surface area contributed by atoms with Gasteiger partial charge in [0.25, 0.3) is 0 Å². The third kappa shape index (κ3) is 3.98. The summed E-state index contributed by atoms with van der Waals surface area (Å²) in [4.78, 5) is 16.2. The molecule has 0 radical (unpaired) electrons. The van der Waals surface area contributed by atoms with Crippen LogP contribution in [0.1, 0.15) is 5.56 Å². The summed E-state index contributed by atoms with van der Waals surface area (Å²) in [6.07, 6.45) is 3.43. The Balaban J connectivity index is 2.02. The summed E-state index contributed by atoms with van der Waals surface area (Å²) in [5.41, 5.74) is 0.912. The van der Waals surface area contributed by atoms with Crippen molar-refractivity contribution in [1.29, 1.82) is 0 Å². The van der Waals surface area contributed by atoms with Gasteiger partial charge in [-0.15, -0.1) is 0 Å². The van der Waals surface area contributed by atoms with Crippen molar-refractivity contribution in [2.45, 2.75) is 0 Å². The molecule has 1 aliphatic rings. The molecule has 0 atom stereocenters. The van der Waals surface area contributed by atoms with Gasteiger partial charge in [-0.05, 0) is 30.8 Å². The third-order valence-electron chi connectivity index (χ3n) is 3.64. The Bertz CT molecular complexity index is 520. The first-order valence-electron chi connectivity index (χ1n) is 7.01. The van der Waals surface area contributed by atoms with Crippen LogP contribution >= 0.6 is 0 Å². The van der Waals surface area contributed by atoms with Crippen molar-refractivity contribution in [3.05, 3.63) is 29.8 Å². The first-order valence-corrected chi connectivity index (χ1v) is 7.01. The predicted octanol–water partition coefficient (Wildman–Crippen LogP) is 1.49. The van der Waals surface area contributed by atoms with Crippen LogP contribution in [0.15, 0.2) is 24.3 Å². The van der Waals surface area contributed by atoms with Crippen molar-refractivity contribution < 1.29 is 14.3 Å². The van der Waals surface area contributed by atoms with E-state index in [9.17, 15) is 4.79 Å². The van der Waals surface area contributed by atoms with E-state index < -0.39 is 0 Å². The van der Waals surface area contributed by atoms with Gasteiger partial charge in [0.05, 0.1) is 14.2 Å². The fraction of sp³-hybridized carbons (Fsp3) is 0.438. The Hall–Kier alpha value is -2.01. The van der Waals surface area contributed by atoms with E-state index in [1.807, 2.05) is 29.2 Å². The van der Waals surface area contributed by atoms with Gasteiger partial charge >= 0.3 is 0 Å². The molecule has 5 nitrogen and oxygen atoms in total. The molecule has 21 heavy (non-hydrogen) atoms. The molecule has 0 spiro atoms. The molecule has 2 rings (SSSR count). The molecule has 0 aromatic heterocycles. The molecule has 1 aromatic carbocycles. The third-order valence-corrected chi connectivity index (χ3v) is 3.64. The first-order chi connectivity index (χ1) is 10.1. The largest absolute Gasteiger partial charge is 0.493 e. The van der Waals surface area contributed by atoms with Crippen molar-refractivity contribution in [3.63, 3.8) is 0 Å². The SMILES string of the molecule is COc1ccc(/C=C/C(=O)N2CCN(C)CC2)cc1OC. The van der Waals surface area contributed by atoms with Crippen molar-refractivity contribution in [2.75, 3.05) is 47.4 Å². The summed E-state index contributed by atoms with van der Waals surface area (Å²) >= 11 is 0. The zero-order valence-electron chi connectivity index (χ0n) is 12.8. The Morgan fingerprint density at radius 1 is 1.10 bits per heavy atom. The predicted molar refractivity (Wildman–Crippen MR) is 82.7 cm³/mol. The highest BCUT2D eigenvalue weighted by atomic mass is 16.5. The standard InChI is InChI=1S/C16H22N2O3/c1-17-8-10-18(11-9-17)16(19)7-5-13-4-6-14(20-2)15(12-13)21-3/h4-7,12H,8-11H2,1-3H3/b7-5+. The number of carbonyl (C=O) groups excluding carboxylic acids is 1. The molecule has 1 amide bonds. The number of rotatable bonds is 4. The minimum absolute atomic E-state index is 0.0536. The van der Waals surface area contributed by atoms with Crippen LogP contribution in [0.5, 0.6) is 11.5 Å². The van der Waals surface area contributed by atoms with Crippen LogP contribution in [-0.4, -0.2) is 63.2 Å².